The van der Waals surface area contributed by atoms with E-state index in [-0.39, 0.29) is 11.9 Å². The van der Waals surface area contributed by atoms with Crippen LogP contribution in [0.1, 0.15) is 62.7 Å². The molecule has 0 bridgehead atoms. The van der Waals surface area contributed by atoms with E-state index < -0.39 is 0 Å². The van der Waals surface area contributed by atoms with Crippen molar-refractivity contribution in [2.45, 2.75) is 64.5 Å². The number of likely N-dealkylation sites (N-methyl/N-ethyl adjacent to an activating group) is 1. The van der Waals surface area contributed by atoms with E-state index in [4.69, 9.17) is 4.74 Å². The Morgan fingerprint density at radius 1 is 1.19 bits per heavy atom. The smallest absolute Gasteiger partial charge is 0.252 e. The number of carbonyl (C=O) groups excluding carboxylic acids is 2. The number of aldehydes is 1. The molecule has 4 N–H and O–H groups in total. The highest BCUT2D eigenvalue weighted by Crippen LogP contribution is 2.24. The Balaban J connectivity index is 0.000000209. The van der Waals surface area contributed by atoms with Gasteiger partial charge in [0.15, 0.2) is 12.2 Å². The van der Waals surface area contributed by atoms with Crippen molar-refractivity contribution in [3.8, 4) is 5.75 Å². The van der Waals surface area contributed by atoms with Crippen LogP contribution in [0.25, 0.3) is 0 Å². The van der Waals surface area contributed by atoms with E-state index in [1.54, 1.807) is 45.1 Å². The van der Waals surface area contributed by atoms with Crippen molar-refractivity contribution in [3.63, 3.8) is 0 Å². The van der Waals surface area contributed by atoms with Crippen LogP contribution in [0.2, 0.25) is 0 Å². The quantitative estimate of drug-likeness (QED) is 0.463. The predicted molar refractivity (Wildman–Crippen MR) is 145 cm³/mol. The number of aromatic nitrogens is 3. The van der Waals surface area contributed by atoms with Crippen molar-refractivity contribution in [2.75, 3.05) is 14.1 Å². The first kappa shape index (κ1) is 29.3. The summed E-state index contributed by atoms with van der Waals surface area (Å²) < 4.78 is 5.70. The number of pyridine rings is 1. The molecule has 2 aromatic rings. The number of aliphatic imine (C=N–C) groups is 1. The molecule has 2 fully saturated rings. The number of amides is 1. The number of hydrogen-bond donors (Lipinski definition) is 4. The van der Waals surface area contributed by atoms with Crippen LogP contribution in [0.4, 0.5) is 0 Å². The maximum absolute atomic E-state index is 11.7. The van der Waals surface area contributed by atoms with Crippen LogP contribution in [0.5, 0.6) is 5.75 Å². The first-order chi connectivity index (χ1) is 18.1. The van der Waals surface area contributed by atoms with Crippen LogP contribution in [-0.4, -0.2) is 59.3 Å². The summed E-state index contributed by atoms with van der Waals surface area (Å²) in [5, 5.41) is 9.06. The number of fused-ring (bicyclic) bond motifs is 1. The molecule has 1 amide bonds. The number of imidazole rings is 1. The Morgan fingerprint density at radius 2 is 1.97 bits per heavy atom. The molecule has 3 heterocycles. The Kier molecular flexibility index (Phi) is 13.2. The average Bonchev–Trinajstić information content (AvgIpc) is 3.73. The summed E-state index contributed by atoms with van der Waals surface area (Å²) in [4.78, 5) is 36.7. The number of allylic oxidation sites excluding steroid dienone is 1. The number of guanidine groups is 1. The third-order valence-electron chi connectivity index (χ3n) is 5.69. The standard InChI is InChI=1S/C11H16N4O.C11H13NO2.C3H4N2.C2H6/c1-12-10(16)7-5-3-4-6-8-9(7)15-11(13-2)14-8;13-8-9-5-11(7-12-6-9)14-10-3-1-2-4-10;1-2-5-3-4-1;1-2/h3,5,8H,4,6H2,1-2H3,(H,12,16)(H2,13,14,15);5-8,10H,1-4H2;1-3H,(H,4,5);1-2H3. The molecule has 0 aromatic carbocycles. The summed E-state index contributed by atoms with van der Waals surface area (Å²) in [7, 11) is 3.36. The Labute approximate surface area is 219 Å². The van der Waals surface area contributed by atoms with Gasteiger partial charge in [0.25, 0.3) is 5.91 Å². The number of ether oxygens (including phenoxy) is 1. The second-order valence-electron chi connectivity index (χ2n) is 8.14. The Bertz CT molecular complexity index is 1020. The van der Waals surface area contributed by atoms with Gasteiger partial charge >= 0.3 is 0 Å². The van der Waals surface area contributed by atoms with Crippen molar-refractivity contribution < 1.29 is 14.3 Å². The van der Waals surface area contributed by atoms with E-state index in [0.717, 1.165) is 43.6 Å². The van der Waals surface area contributed by atoms with Crippen LogP contribution in [0, 0.1) is 0 Å². The van der Waals surface area contributed by atoms with Gasteiger partial charge < -0.3 is 25.7 Å². The minimum absolute atomic E-state index is 0.0650. The molecule has 10 heteroatoms. The topological polar surface area (TPSA) is 133 Å². The van der Waals surface area contributed by atoms with Crippen molar-refractivity contribution in [2.24, 2.45) is 4.99 Å². The number of carbonyl (C=O) groups is 2. The van der Waals surface area contributed by atoms with Crippen LogP contribution < -0.4 is 20.7 Å². The maximum Gasteiger partial charge on any atom is 0.252 e. The van der Waals surface area contributed by atoms with Crippen molar-refractivity contribution in [3.05, 3.63) is 66.2 Å². The minimum Gasteiger partial charge on any atom is -0.489 e. The van der Waals surface area contributed by atoms with E-state index in [2.05, 4.69) is 35.9 Å². The van der Waals surface area contributed by atoms with Gasteiger partial charge in [0.1, 0.15) is 5.75 Å². The molecule has 1 aliphatic heterocycles. The highest BCUT2D eigenvalue weighted by molar-refractivity contribution is 5.99. The highest BCUT2D eigenvalue weighted by Gasteiger charge is 2.29. The fourth-order valence-corrected chi connectivity index (χ4v) is 3.94. The number of H-pyrrole nitrogens is 1. The van der Waals surface area contributed by atoms with Gasteiger partial charge in [0, 0.05) is 38.2 Å². The second-order valence-corrected chi connectivity index (χ2v) is 8.14. The maximum atomic E-state index is 11.7. The van der Waals surface area contributed by atoms with Gasteiger partial charge in [-0.1, -0.05) is 26.0 Å². The fourth-order valence-electron chi connectivity index (χ4n) is 3.94. The molecule has 5 rings (SSSR count). The predicted octanol–water partition coefficient (Wildman–Crippen LogP) is 3.54. The highest BCUT2D eigenvalue weighted by atomic mass is 16.5. The number of nitrogens with one attached hydrogen (secondary N) is 4. The van der Waals surface area contributed by atoms with Gasteiger partial charge in [-0.15, -0.1) is 0 Å². The van der Waals surface area contributed by atoms with Gasteiger partial charge in [-0.25, -0.2) is 4.98 Å². The summed E-state index contributed by atoms with van der Waals surface area (Å²) in [5.74, 6) is 1.38. The number of hydrogen-bond acceptors (Lipinski definition) is 6. The van der Waals surface area contributed by atoms with Crippen LogP contribution in [0.3, 0.4) is 0 Å². The first-order valence-corrected chi connectivity index (χ1v) is 12.8. The van der Waals surface area contributed by atoms with E-state index in [0.29, 0.717) is 23.0 Å². The first-order valence-electron chi connectivity index (χ1n) is 12.8. The van der Waals surface area contributed by atoms with Gasteiger partial charge in [-0.05, 0) is 44.6 Å². The van der Waals surface area contributed by atoms with E-state index in [9.17, 15) is 9.59 Å². The summed E-state index contributed by atoms with van der Waals surface area (Å²) in [5.41, 5.74) is 2.19. The SMILES string of the molecule is CC.CN=C1NC2=C(C(=O)NC)C=CCCC2N1.O=Cc1cncc(OC2CCCC2)c1.c1c[nH]cn1. The molecule has 37 heavy (non-hydrogen) atoms. The number of nitrogens with zero attached hydrogens (tertiary/aromatic N) is 3. The molecule has 3 aliphatic rings. The summed E-state index contributed by atoms with van der Waals surface area (Å²) in [6.07, 6.45) is 19.9. The summed E-state index contributed by atoms with van der Waals surface area (Å²) in [6.45, 7) is 4.00. The molecular formula is C27H39N7O3. The van der Waals surface area contributed by atoms with Crippen molar-refractivity contribution >= 4 is 18.2 Å². The molecule has 1 saturated carbocycles. The third-order valence-corrected chi connectivity index (χ3v) is 5.69. The van der Waals surface area contributed by atoms with E-state index >= 15 is 0 Å². The zero-order chi connectivity index (χ0) is 26.9. The van der Waals surface area contributed by atoms with Crippen LogP contribution >= 0.6 is 0 Å². The van der Waals surface area contributed by atoms with E-state index in [1.165, 1.54) is 19.0 Å². The van der Waals surface area contributed by atoms with Crippen LogP contribution in [0.15, 0.2) is 65.6 Å². The molecule has 0 radical (unpaired) electrons. The van der Waals surface area contributed by atoms with Gasteiger partial charge in [-0.3, -0.25) is 19.6 Å². The van der Waals surface area contributed by atoms with Crippen molar-refractivity contribution in [1.82, 2.24) is 30.9 Å². The third kappa shape index (κ3) is 9.55. The van der Waals surface area contributed by atoms with Gasteiger partial charge in [0.2, 0.25) is 0 Å². The molecule has 2 aromatic heterocycles. The molecule has 10 nitrogen and oxygen atoms in total. The lowest BCUT2D eigenvalue weighted by Gasteiger charge is -2.12. The zero-order valence-corrected chi connectivity index (χ0v) is 22.2. The minimum atomic E-state index is -0.0650. The summed E-state index contributed by atoms with van der Waals surface area (Å²) in [6, 6.07) is 1.90. The Hall–Kier alpha value is -3.95. The van der Waals surface area contributed by atoms with Gasteiger partial charge in [0.05, 0.1) is 35.9 Å². The zero-order valence-electron chi connectivity index (χ0n) is 22.2. The molecular weight excluding hydrogens is 470 g/mol. The molecule has 2 aliphatic carbocycles. The molecule has 1 unspecified atom stereocenters. The van der Waals surface area contributed by atoms with Gasteiger partial charge in [-0.2, -0.15) is 0 Å². The normalized spacial score (nSPS) is 18.8. The monoisotopic (exact) mass is 509 g/mol. The van der Waals surface area contributed by atoms with Crippen LogP contribution in [-0.2, 0) is 4.79 Å². The molecule has 1 saturated heterocycles. The average molecular weight is 510 g/mol. The second kappa shape index (κ2) is 16.7. The molecule has 1 atom stereocenters. The molecule has 0 spiro atoms. The largest absolute Gasteiger partial charge is 0.489 e. The van der Waals surface area contributed by atoms with Crippen molar-refractivity contribution in [1.29, 1.82) is 0 Å². The van der Waals surface area contributed by atoms with E-state index in [1.807, 2.05) is 26.0 Å². The Morgan fingerprint density at radius 3 is 2.57 bits per heavy atom. The fraction of sp³-hybridized carbons (Fsp3) is 0.444. The lowest BCUT2D eigenvalue weighted by molar-refractivity contribution is -0.116. The molecule has 200 valence electrons. The lowest BCUT2D eigenvalue weighted by Crippen LogP contribution is -2.27. The number of aromatic amines is 1. The summed E-state index contributed by atoms with van der Waals surface area (Å²) >= 11 is 0. The lowest BCUT2D eigenvalue weighted by atomic mass is 10.1. The number of rotatable bonds is 4.